The number of benzene rings is 1. The number of nitrogens with one attached hydrogen (secondary N) is 3. The molecule has 1 aliphatic heterocycles. The highest BCUT2D eigenvalue weighted by molar-refractivity contribution is 6.35. The third-order valence-corrected chi connectivity index (χ3v) is 5.63. The number of hydrazine groups is 2. The molecule has 0 spiro atoms. The van der Waals surface area contributed by atoms with Gasteiger partial charge in [0.05, 0.1) is 27.2 Å². The third-order valence-electron chi connectivity index (χ3n) is 5.34. The number of aromatic nitrogens is 2. The van der Waals surface area contributed by atoms with Crippen LogP contribution in [-0.4, -0.2) is 28.9 Å². The van der Waals surface area contributed by atoms with Crippen molar-refractivity contribution < 1.29 is 4.39 Å². The van der Waals surface area contributed by atoms with Gasteiger partial charge in [-0.05, 0) is 42.7 Å². The van der Waals surface area contributed by atoms with Crippen molar-refractivity contribution in [1.82, 2.24) is 25.9 Å². The molecule has 31 heavy (non-hydrogen) atoms. The number of hydrogen-bond acceptors (Lipinski definition) is 7. The van der Waals surface area contributed by atoms with E-state index < -0.39 is 11.4 Å². The van der Waals surface area contributed by atoms with E-state index in [1.807, 2.05) is 17.3 Å². The van der Waals surface area contributed by atoms with Gasteiger partial charge in [0.1, 0.15) is 13.9 Å². The van der Waals surface area contributed by atoms with Gasteiger partial charge in [0.25, 0.3) is 0 Å². The minimum atomic E-state index is -1.27. The lowest BCUT2D eigenvalue weighted by atomic mass is 9.70. The summed E-state index contributed by atoms with van der Waals surface area (Å²) in [6.45, 7) is 0. The molecule has 3 aromatic rings. The van der Waals surface area contributed by atoms with Crippen LogP contribution in [-0.2, 0) is 5.44 Å². The van der Waals surface area contributed by atoms with E-state index in [2.05, 4.69) is 32.3 Å². The van der Waals surface area contributed by atoms with Crippen LogP contribution in [0.15, 0.2) is 54.6 Å². The quantitative estimate of drug-likeness (QED) is 0.423. The van der Waals surface area contributed by atoms with Crippen molar-refractivity contribution in [2.24, 2.45) is 0 Å². The molecule has 0 amide bonds. The molecule has 2 radical (unpaired) electrons. The molecule has 1 saturated carbocycles. The number of anilines is 1. The fourth-order valence-corrected chi connectivity index (χ4v) is 3.82. The van der Waals surface area contributed by atoms with E-state index in [4.69, 9.17) is 19.4 Å². The second kappa shape index (κ2) is 7.41. The van der Waals surface area contributed by atoms with Crippen molar-refractivity contribution in [1.29, 1.82) is 5.26 Å². The van der Waals surface area contributed by atoms with Crippen molar-refractivity contribution in [2.75, 3.05) is 5.32 Å². The number of nitrogens with zero attached hydrogens (tertiary/aromatic N) is 4. The van der Waals surface area contributed by atoms with Gasteiger partial charge < -0.3 is 10.7 Å². The van der Waals surface area contributed by atoms with Gasteiger partial charge in [-0.2, -0.15) is 9.65 Å². The smallest absolute Gasteiger partial charge is 0.212 e. The summed E-state index contributed by atoms with van der Waals surface area (Å²) in [5, 5.41) is 15.6. The molecule has 1 unspecified atom stereocenters. The van der Waals surface area contributed by atoms with Crippen LogP contribution in [0.25, 0.3) is 10.9 Å². The largest absolute Gasteiger partial charge is 0.378 e. The summed E-state index contributed by atoms with van der Waals surface area (Å²) in [6, 6.07) is 10.6. The molecule has 2 aliphatic rings. The molecule has 0 bridgehead atoms. The summed E-state index contributed by atoms with van der Waals surface area (Å²) in [5.74, 6) is -0.596. The van der Waals surface area contributed by atoms with Gasteiger partial charge in [0, 0.05) is 35.7 Å². The van der Waals surface area contributed by atoms with Crippen LogP contribution < -0.4 is 16.3 Å². The Morgan fingerprint density at radius 1 is 1.26 bits per heavy atom. The van der Waals surface area contributed by atoms with Crippen LogP contribution in [0, 0.1) is 17.3 Å². The van der Waals surface area contributed by atoms with Crippen molar-refractivity contribution in [3.05, 3.63) is 76.7 Å². The number of halogens is 2. The summed E-state index contributed by atoms with van der Waals surface area (Å²) in [5.41, 5.74) is 7.73. The summed E-state index contributed by atoms with van der Waals surface area (Å²) in [7, 11) is 6.86. The van der Waals surface area contributed by atoms with Crippen LogP contribution in [0.3, 0.4) is 0 Å². The van der Waals surface area contributed by atoms with Crippen LogP contribution in [0.2, 0.25) is 5.02 Å². The zero-order valence-electron chi connectivity index (χ0n) is 16.2. The fourth-order valence-electron chi connectivity index (χ4n) is 3.55. The van der Waals surface area contributed by atoms with Gasteiger partial charge in [-0.3, -0.25) is 9.99 Å². The molecule has 2 aromatic heterocycles. The summed E-state index contributed by atoms with van der Waals surface area (Å²) < 4.78 is 13.5. The highest BCUT2D eigenvalue weighted by Crippen LogP contribution is 2.35. The minimum Gasteiger partial charge on any atom is -0.378 e. The highest BCUT2D eigenvalue weighted by atomic mass is 35.5. The Morgan fingerprint density at radius 3 is 2.81 bits per heavy atom. The molecule has 1 fully saturated rings. The first-order valence-corrected chi connectivity index (χ1v) is 10.0. The number of fused-ring (bicyclic) bond motifs is 1. The SMILES string of the molecule is [B]C(Nc1cc(Cl)c2ncc(C#N)cc2c1)(C1=CN(C2CC2)NN1)c1ccc(F)nc1. The first-order valence-electron chi connectivity index (χ1n) is 9.67. The first-order chi connectivity index (χ1) is 15.0. The maximum absolute atomic E-state index is 13.5. The number of rotatable bonds is 5. The predicted octanol–water partition coefficient (Wildman–Crippen LogP) is 3.06. The molecule has 10 heteroatoms. The van der Waals surface area contributed by atoms with Gasteiger partial charge in [0.2, 0.25) is 5.95 Å². The van der Waals surface area contributed by atoms with Crippen LogP contribution >= 0.6 is 11.6 Å². The van der Waals surface area contributed by atoms with E-state index in [-0.39, 0.29) is 0 Å². The van der Waals surface area contributed by atoms with Crippen molar-refractivity contribution in [3.63, 3.8) is 0 Å². The van der Waals surface area contributed by atoms with Gasteiger partial charge in [-0.25, -0.2) is 4.98 Å². The zero-order chi connectivity index (χ0) is 21.6. The molecular weight excluding hydrogens is 416 g/mol. The van der Waals surface area contributed by atoms with E-state index in [9.17, 15) is 9.65 Å². The summed E-state index contributed by atoms with van der Waals surface area (Å²) in [4.78, 5) is 8.03. The topological polar surface area (TPSA) is 88.9 Å². The molecule has 3 heterocycles. The predicted molar refractivity (Wildman–Crippen MR) is 116 cm³/mol. The van der Waals surface area contributed by atoms with Gasteiger partial charge in [0.15, 0.2) is 0 Å². The lowest BCUT2D eigenvalue weighted by molar-refractivity contribution is 0.260. The zero-order valence-corrected chi connectivity index (χ0v) is 17.0. The number of hydrogen-bond donors (Lipinski definition) is 3. The Bertz CT molecular complexity index is 1240. The van der Waals surface area contributed by atoms with Gasteiger partial charge in [-0.1, -0.05) is 17.7 Å². The second-order valence-electron chi connectivity index (χ2n) is 7.59. The van der Waals surface area contributed by atoms with Gasteiger partial charge >= 0.3 is 0 Å². The average molecular weight is 432 g/mol. The highest BCUT2D eigenvalue weighted by Gasteiger charge is 2.38. The van der Waals surface area contributed by atoms with E-state index in [0.717, 1.165) is 12.8 Å². The van der Waals surface area contributed by atoms with Crippen LogP contribution in [0.1, 0.15) is 24.0 Å². The molecular formula is C21H16BClFN7. The van der Waals surface area contributed by atoms with E-state index in [1.54, 1.807) is 18.2 Å². The maximum atomic E-state index is 13.5. The normalized spacial score (nSPS) is 17.6. The Morgan fingerprint density at radius 2 is 2.10 bits per heavy atom. The Labute approximate surface area is 184 Å². The van der Waals surface area contributed by atoms with E-state index in [1.165, 1.54) is 18.5 Å². The minimum absolute atomic E-state index is 0.409. The summed E-state index contributed by atoms with van der Waals surface area (Å²) >= 11 is 6.45. The molecule has 152 valence electrons. The molecule has 7 nitrogen and oxygen atoms in total. The number of nitriles is 1. The van der Waals surface area contributed by atoms with Crippen molar-refractivity contribution >= 4 is 36.0 Å². The molecule has 1 aromatic carbocycles. The second-order valence-corrected chi connectivity index (χ2v) is 7.99. The monoisotopic (exact) mass is 431 g/mol. The molecule has 3 N–H and O–H groups in total. The van der Waals surface area contributed by atoms with E-state index in [0.29, 0.717) is 44.5 Å². The molecule has 1 aliphatic carbocycles. The molecule has 0 saturated heterocycles. The fraction of sp³-hybridized carbons (Fsp3) is 0.190. The van der Waals surface area contributed by atoms with Gasteiger partial charge in [-0.15, -0.1) is 5.53 Å². The van der Waals surface area contributed by atoms with E-state index >= 15 is 0 Å². The third kappa shape index (κ3) is 3.65. The molecule has 5 rings (SSSR count). The standard InChI is InChI=1S/C21H16BClFN7/c22-21(14-1-4-19(24)26-10-14,18-11-31(30-29-18)16-2-3-16)28-15-6-13-5-12(8-25)9-27-20(13)17(23)7-15/h1,4-7,9-11,16,28-30H,2-3H2. The number of pyridine rings is 2. The lowest BCUT2D eigenvalue weighted by Gasteiger charge is -2.34. The first kappa shape index (κ1) is 19.6. The maximum Gasteiger partial charge on any atom is 0.212 e. The van der Waals surface area contributed by atoms with Crippen LogP contribution in [0.5, 0.6) is 0 Å². The molecule has 1 atom stereocenters. The van der Waals surface area contributed by atoms with Crippen LogP contribution in [0.4, 0.5) is 10.1 Å². The Kier molecular flexibility index (Phi) is 4.69. The van der Waals surface area contributed by atoms with Crippen molar-refractivity contribution in [2.45, 2.75) is 24.3 Å². The van der Waals surface area contributed by atoms with Crippen molar-refractivity contribution in [3.8, 4) is 6.07 Å². The Hall–Kier alpha value is -3.35. The Balaban J connectivity index is 1.58. The lowest BCUT2D eigenvalue weighted by Crippen LogP contribution is -2.45. The summed E-state index contributed by atoms with van der Waals surface area (Å²) in [6.07, 6.45) is 6.95. The average Bonchev–Trinajstić information content (AvgIpc) is 3.49.